The van der Waals surface area contributed by atoms with Crippen molar-refractivity contribution in [3.63, 3.8) is 0 Å². The second-order valence-corrected chi connectivity index (χ2v) is 7.11. The Labute approximate surface area is 129 Å². The molecule has 0 saturated carbocycles. The van der Waals surface area contributed by atoms with Crippen LogP contribution < -0.4 is 0 Å². The van der Waals surface area contributed by atoms with Gasteiger partial charge in [0.15, 0.2) is 0 Å². The molecule has 0 bridgehead atoms. The summed E-state index contributed by atoms with van der Waals surface area (Å²) in [4.78, 5) is 4.55. The van der Waals surface area contributed by atoms with E-state index in [2.05, 4.69) is 12.1 Å². The zero-order chi connectivity index (χ0) is 12.9. The van der Waals surface area contributed by atoms with Crippen molar-refractivity contribution in [2.75, 3.05) is 0 Å². The molecule has 0 aromatic heterocycles. The van der Waals surface area contributed by atoms with Gasteiger partial charge in [0.1, 0.15) is 0 Å². The highest BCUT2D eigenvalue weighted by Crippen LogP contribution is 2.55. The van der Waals surface area contributed by atoms with Crippen LogP contribution in [-0.2, 0) is 0 Å². The van der Waals surface area contributed by atoms with Gasteiger partial charge in [0.2, 0.25) is 0 Å². The van der Waals surface area contributed by atoms with Crippen molar-refractivity contribution in [1.29, 1.82) is 0 Å². The number of benzene rings is 2. The quantitative estimate of drug-likeness (QED) is 0.427. The number of hydrogen-bond acceptors (Lipinski definition) is 2. The molecule has 0 N–H and O–H groups in total. The van der Waals surface area contributed by atoms with Crippen molar-refractivity contribution < 1.29 is 0 Å². The SMILES string of the molecule is Cc1c(Cl)c(Cl)c(Cl)c2c1Sc1ccccc1S2. The van der Waals surface area contributed by atoms with Gasteiger partial charge in [-0.05, 0) is 24.6 Å². The minimum atomic E-state index is 0.446. The molecule has 3 rings (SSSR count). The van der Waals surface area contributed by atoms with Crippen LogP contribution in [-0.4, -0.2) is 0 Å². The van der Waals surface area contributed by atoms with Crippen LogP contribution in [0.3, 0.4) is 0 Å². The first-order valence-electron chi connectivity index (χ1n) is 5.21. The average Bonchev–Trinajstić information content (AvgIpc) is 2.41. The predicted octanol–water partition coefficient (Wildman–Crippen LogP) is 6.57. The molecular formula is C13H7Cl3S2. The molecule has 0 amide bonds. The lowest BCUT2D eigenvalue weighted by Crippen LogP contribution is -1.95. The summed E-state index contributed by atoms with van der Waals surface area (Å²) in [5.41, 5.74) is 0.994. The van der Waals surface area contributed by atoms with Crippen molar-refractivity contribution >= 4 is 58.3 Å². The Morgan fingerprint density at radius 1 is 0.778 bits per heavy atom. The largest absolute Gasteiger partial charge is 0.0873 e. The summed E-state index contributed by atoms with van der Waals surface area (Å²) in [6.45, 7) is 1.98. The number of hydrogen-bond donors (Lipinski definition) is 0. The molecule has 0 aliphatic carbocycles. The van der Waals surface area contributed by atoms with E-state index in [1.54, 1.807) is 23.5 Å². The Morgan fingerprint density at radius 2 is 1.33 bits per heavy atom. The van der Waals surface area contributed by atoms with Crippen molar-refractivity contribution in [2.45, 2.75) is 26.5 Å². The smallest absolute Gasteiger partial charge is 0.0793 e. The van der Waals surface area contributed by atoms with Crippen LogP contribution in [0.1, 0.15) is 5.56 Å². The summed E-state index contributed by atoms with van der Waals surface area (Å²) < 4.78 is 0. The van der Waals surface area contributed by atoms with E-state index in [1.165, 1.54) is 9.79 Å². The van der Waals surface area contributed by atoms with E-state index >= 15 is 0 Å². The van der Waals surface area contributed by atoms with Gasteiger partial charge in [0, 0.05) is 19.6 Å². The monoisotopic (exact) mass is 332 g/mol. The molecule has 0 unspecified atom stereocenters. The molecular weight excluding hydrogens is 327 g/mol. The fourth-order valence-electron chi connectivity index (χ4n) is 1.78. The van der Waals surface area contributed by atoms with Crippen molar-refractivity contribution in [3.05, 3.63) is 44.9 Å². The number of fused-ring (bicyclic) bond motifs is 2. The van der Waals surface area contributed by atoms with Crippen molar-refractivity contribution in [1.82, 2.24) is 0 Å². The summed E-state index contributed by atoms with van der Waals surface area (Å²) in [5, 5.41) is 1.55. The molecule has 0 saturated heterocycles. The van der Waals surface area contributed by atoms with Gasteiger partial charge in [-0.1, -0.05) is 70.5 Å². The first kappa shape index (κ1) is 13.0. The summed E-state index contributed by atoms with van der Waals surface area (Å²) in [6, 6.07) is 8.25. The zero-order valence-electron chi connectivity index (χ0n) is 9.26. The van der Waals surface area contributed by atoms with Crippen molar-refractivity contribution in [2.24, 2.45) is 0 Å². The van der Waals surface area contributed by atoms with E-state index < -0.39 is 0 Å². The van der Waals surface area contributed by atoms with Crippen LogP contribution in [0.15, 0.2) is 43.8 Å². The van der Waals surface area contributed by atoms with Gasteiger partial charge in [-0.15, -0.1) is 0 Å². The van der Waals surface area contributed by atoms with Crippen LogP contribution in [0, 0.1) is 6.92 Å². The van der Waals surface area contributed by atoms with Crippen LogP contribution >= 0.6 is 58.3 Å². The highest BCUT2D eigenvalue weighted by atomic mass is 35.5. The fraction of sp³-hybridized carbons (Fsp3) is 0.0769. The zero-order valence-corrected chi connectivity index (χ0v) is 13.2. The summed E-state index contributed by atoms with van der Waals surface area (Å²) in [5.74, 6) is 0. The molecule has 2 aromatic carbocycles. The standard InChI is InChI=1S/C13H7Cl3S2/c1-6-9(14)10(15)11(16)13-12(6)17-7-4-2-3-5-8(7)18-13/h2-5H,1H3. The molecule has 1 aliphatic rings. The molecule has 0 spiro atoms. The van der Waals surface area contributed by atoms with Gasteiger partial charge in [0.25, 0.3) is 0 Å². The van der Waals surface area contributed by atoms with Crippen LogP contribution in [0.5, 0.6) is 0 Å². The summed E-state index contributed by atoms with van der Waals surface area (Å²) in [7, 11) is 0. The molecule has 92 valence electrons. The normalized spacial score (nSPS) is 13.1. The Bertz CT molecular complexity index is 597. The van der Waals surface area contributed by atoms with E-state index in [0.717, 1.165) is 15.4 Å². The molecule has 2 aromatic rings. The van der Waals surface area contributed by atoms with Gasteiger partial charge >= 0.3 is 0 Å². The van der Waals surface area contributed by atoms with Gasteiger partial charge < -0.3 is 0 Å². The Balaban J connectivity index is 2.25. The molecule has 0 nitrogen and oxygen atoms in total. The molecule has 0 radical (unpaired) electrons. The topological polar surface area (TPSA) is 0 Å². The lowest BCUT2D eigenvalue weighted by atomic mass is 10.2. The first-order chi connectivity index (χ1) is 8.59. The lowest BCUT2D eigenvalue weighted by molar-refractivity contribution is 1.12. The second-order valence-electron chi connectivity index (χ2n) is 3.88. The maximum absolute atomic E-state index is 6.30. The summed E-state index contributed by atoms with van der Waals surface area (Å²) >= 11 is 22.0. The van der Waals surface area contributed by atoms with Gasteiger partial charge in [-0.25, -0.2) is 0 Å². The highest BCUT2D eigenvalue weighted by molar-refractivity contribution is 8.05. The van der Waals surface area contributed by atoms with E-state index in [9.17, 15) is 0 Å². The third kappa shape index (κ3) is 1.95. The maximum atomic E-state index is 6.30. The van der Waals surface area contributed by atoms with E-state index in [0.29, 0.717) is 15.1 Å². The van der Waals surface area contributed by atoms with E-state index in [4.69, 9.17) is 34.8 Å². The fourth-order valence-corrected chi connectivity index (χ4v) is 5.19. The van der Waals surface area contributed by atoms with Gasteiger partial charge in [-0.3, -0.25) is 0 Å². The Kier molecular flexibility index (Phi) is 3.50. The highest BCUT2D eigenvalue weighted by Gasteiger charge is 2.25. The first-order valence-corrected chi connectivity index (χ1v) is 7.98. The molecule has 1 aliphatic heterocycles. The minimum absolute atomic E-state index is 0.446. The summed E-state index contributed by atoms with van der Waals surface area (Å²) in [6.07, 6.45) is 0. The minimum Gasteiger partial charge on any atom is -0.0873 e. The van der Waals surface area contributed by atoms with Crippen molar-refractivity contribution in [3.8, 4) is 0 Å². The number of halogens is 3. The second kappa shape index (κ2) is 4.84. The van der Waals surface area contributed by atoms with Gasteiger partial charge in [0.05, 0.1) is 15.1 Å². The third-order valence-corrected chi connectivity index (χ3v) is 7.00. The van der Waals surface area contributed by atoms with Crippen LogP contribution in [0.4, 0.5) is 0 Å². The predicted molar refractivity (Wildman–Crippen MR) is 80.9 cm³/mol. The molecule has 18 heavy (non-hydrogen) atoms. The molecule has 5 heteroatoms. The van der Waals surface area contributed by atoms with E-state index in [-0.39, 0.29) is 0 Å². The van der Waals surface area contributed by atoms with Crippen LogP contribution in [0.25, 0.3) is 0 Å². The van der Waals surface area contributed by atoms with Gasteiger partial charge in [-0.2, -0.15) is 0 Å². The maximum Gasteiger partial charge on any atom is 0.0793 e. The molecule has 1 heterocycles. The number of rotatable bonds is 0. The average molecular weight is 334 g/mol. The molecule has 0 atom stereocenters. The molecule has 0 fully saturated rings. The van der Waals surface area contributed by atoms with Crippen LogP contribution in [0.2, 0.25) is 15.1 Å². The Morgan fingerprint density at radius 3 is 1.94 bits per heavy atom. The Hall–Kier alpha value is 0.01000. The van der Waals surface area contributed by atoms with E-state index in [1.807, 2.05) is 19.1 Å². The lowest BCUT2D eigenvalue weighted by Gasteiger charge is -2.22. The third-order valence-electron chi connectivity index (χ3n) is 2.73.